The summed E-state index contributed by atoms with van der Waals surface area (Å²) in [6.45, 7) is 2.37. The van der Waals surface area contributed by atoms with Crippen molar-refractivity contribution < 1.29 is 13.2 Å². The van der Waals surface area contributed by atoms with Gasteiger partial charge in [-0.25, -0.2) is 13.1 Å². The third-order valence-corrected chi connectivity index (χ3v) is 4.14. The highest BCUT2D eigenvalue weighted by molar-refractivity contribution is 7.89. The molecule has 0 aromatic heterocycles. The Labute approximate surface area is 120 Å². The highest BCUT2D eigenvalue weighted by Gasteiger charge is 2.21. The van der Waals surface area contributed by atoms with E-state index in [1.807, 2.05) is 6.92 Å². The van der Waals surface area contributed by atoms with E-state index in [1.165, 1.54) is 0 Å². The van der Waals surface area contributed by atoms with Crippen molar-refractivity contribution in [3.05, 3.63) is 0 Å². The average molecular weight is 307 g/mol. The number of carbonyl (C=O) groups is 1. The predicted molar refractivity (Wildman–Crippen MR) is 78.6 cm³/mol. The van der Waals surface area contributed by atoms with Crippen LogP contribution >= 0.6 is 0 Å². The number of amides is 1. The topological polar surface area (TPSA) is 151 Å². The molecule has 0 saturated heterocycles. The molecule has 20 heavy (non-hydrogen) atoms. The highest BCUT2D eigenvalue weighted by atomic mass is 32.2. The fourth-order valence-electron chi connectivity index (χ4n) is 1.61. The molecule has 0 aromatic carbocycles. The SMILES string of the molecule is CCCCCS(=O)(=O)NC(CCCNC(=N)N)C(N)=O. The molecule has 9 heteroatoms. The van der Waals surface area contributed by atoms with E-state index in [-0.39, 0.29) is 18.1 Å². The number of rotatable bonds is 11. The molecule has 7 N–H and O–H groups in total. The van der Waals surface area contributed by atoms with Gasteiger partial charge in [-0.15, -0.1) is 0 Å². The van der Waals surface area contributed by atoms with E-state index in [0.717, 1.165) is 12.8 Å². The first-order valence-corrected chi connectivity index (χ1v) is 8.31. The molecular formula is C11H25N5O3S. The first kappa shape index (κ1) is 18.7. The fourth-order valence-corrected chi connectivity index (χ4v) is 2.98. The third kappa shape index (κ3) is 9.56. The fraction of sp³-hybridized carbons (Fsp3) is 0.818. The van der Waals surface area contributed by atoms with E-state index >= 15 is 0 Å². The zero-order chi connectivity index (χ0) is 15.6. The van der Waals surface area contributed by atoms with Crippen molar-refractivity contribution in [3.8, 4) is 0 Å². The van der Waals surface area contributed by atoms with E-state index in [9.17, 15) is 13.2 Å². The monoisotopic (exact) mass is 307 g/mol. The Balaban J connectivity index is 4.25. The Kier molecular flexibility index (Phi) is 8.89. The molecule has 1 atom stereocenters. The minimum absolute atomic E-state index is 0.00365. The molecule has 8 nitrogen and oxygen atoms in total. The summed E-state index contributed by atoms with van der Waals surface area (Å²) < 4.78 is 25.9. The minimum atomic E-state index is -3.49. The number of primary amides is 1. The minimum Gasteiger partial charge on any atom is -0.370 e. The van der Waals surface area contributed by atoms with Crippen molar-refractivity contribution in [1.29, 1.82) is 5.41 Å². The van der Waals surface area contributed by atoms with E-state index in [2.05, 4.69) is 10.0 Å². The average Bonchev–Trinajstić information content (AvgIpc) is 2.32. The summed E-state index contributed by atoms with van der Waals surface area (Å²) in [6, 6.07) is -0.921. The molecule has 0 fully saturated rings. The van der Waals surface area contributed by atoms with Gasteiger partial charge in [-0.3, -0.25) is 10.2 Å². The van der Waals surface area contributed by atoms with Crippen molar-refractivity contribution in [2.24, 2.45) is 11.5 Å². The normalized spacial score (nSPS) is 12.8. The Morgan fingerprint density at radius 2 is 1.90 bits per heavy atom. The Hall–Kier alpha value is -1.35. The van der Waals surface area contributed by atoms with Gasteiger partial charge in [0, 0.05) is 6.54 Å². The lowest BCUT2D eigenvalue weighted by Crippen LogP contribution is -2.45. The maximum atomic E-state index is 11.8. The van der Waals surface area contributed by atoms with Crippen molar-refractivity contribution in [1.82, 2.24) is 10.0 Å². The van der Waals surface area contributed by atoms with Crippen molar-refractivity contribution in [2.45, 2.75) is 45.1 Å². The van der Waals surface area contributed by atoms with Crippen LogP contribution in [0.1, 0.15) is 39.0 Å². The second-order valence-corrected chi connectivity index (χ2v) is 6.45. The summed E-state index contributed by atoms with van der Waals surface area (Å²) in [5.74, 6) is -0.872. The van der Waals surface area contributed by atoms with Crippen LogP contribution in [0.4, 0.5) is 0 Å². The molecule has 0 aliphatic carbocycles. The van der Waals surface area contributed by atoms with Crippen LogP contribution in [0.5, 0.6) is 0 Å². The van der Waals surface area contributed by atoms with Gasteiger partial charge >= 0.3 is 0 Å². The second kappa shape index (κ2) is 9.54. The summed E-state index contributed by atoms with van der Waals surface area (Å²) in [4.78, 5) is 11.2. The number of sulfonamides is 1. The van der Waals surface area contributed by atoms with E-state index in [1.54, 1.807) is 0 Å². The van der Waals surface area contributed by atoms with Crippen molar-refractivity contribution in [3.63, 3.8) is 0 Å². The van der Waals surface area contributed by atoms with Gasteiger partial charge in [0.15, 0.2) is 5.96 Å². The summed E-state index contributed by atoms with van der Waals surface area (Å²) in [6.07, 6.45) is 3.05. The van der Waals surface area contributed by atoms with Gasteiger partial charge in [-0.2, -0.15) is 0 Å². The predicted octanol–water partition coefficient (Wildman–Crippen LogP) is -0.787. The molecule has 1 unspecified atom stereocenters. The molecule has 0 heterocycles. The van der Waals surface area contributed by atoms with Crippen LogP contribution in [0.3, 0.4) is 0 Å². The standard InChI is InChI=1S/C11H25N5O3S/c1-2-3-4-8-20(18,19)16-9(10(12)17)6-5-7-15-11(13)14/h9,16H,2-8H2,1H3,(H2,12,17)(H4,13,14,15). The molecule has 0 bridgehead atoms. The van der Waals surface area contributed by atoms with Gasteiger partial charge in [-0.05, 0) is 19.3 Å². The molecule has 0 spiro atoms. The van der Waals surface area contributed by atoms with Gasteiger partial charge < -0.3 is 16.8 Å². The maximum Gasteiger partial charge on any atom is 0.235 e. The molecule has 1 amide bonds. The summed E-state index contributed by atoms with van der Waals surface area (Å²) in [5.41, 5.74) is 10.3. The Bertz CT molecular complexity index is 410. The number of nitrogens with one attached hydrogen (secondary N) is 3. The number of hydrogen-bond acceptors (Lipinski definition) is 4. The molecule has 0 aliphatic rings. The quantitative estimate of drug-likeness (QED) is 0.192. The second-order valence-electron chi connectivity index (χ2n) is 4.58. The van der Waals surface area contributed by atoms with Gasteiger partial charge in [-0.1, -0.05) is 19.8 Å². The number of guanidine groups is 1. The molecular weight excluding hydrogens is 282 g/mol. The van der Waals surface area contributed by atoms with E-state index < -0.39 is 22.0 Å². The summed E-state index contributed by atoms with van der Waals surface area (Å²) in [7, 11) is -3.49. The van der Waals surface area contributed by atoms with Crippen molar-refractivity contribution in [2.75, 3.05) is 12.3 Å². The Morgan fingerprint density at radius 1 is 1.25 bits per heavy atom. The van der Waals surface area contributed by atoms with Crippen LogP contribution in [0.2, 0.25) is 0 Å². The largest absolute Gasteiger partial charge is 0.370 e. The Morgan fingerprint density at radius 3 is 2.40 bits per heavy atom. The van der Waals surface area contributed by atoms with Crippen LogP contribution in [0.15, 0.2) is 0 Å². The lowest BCUT2D eigenvalue weighted by molar-refractivity contribution is -0.119. The first-order valence-electron chi connectivity index (χ1n) is 6.65. The molecule has 0 aliphatic heterocycles. The molecule has 0 saturated carbocycles. The van der Waals surface area contributed by atoms with Crippen LogP contribution in [-0.4, -0.2) is 38.6 Å². The number of nitrogens with two attached hydrogens (primary N) is 2. The lowest BCUT2D eigenvalue weighted by atomic mass is 10.1. The zero-order valence-electron chi connectivity index (χ0n) is 11.8. The van der Waals surface area contributed by atoms with E-state index in [4.69, 9.17) is 16.9 Å². The third-order valence-electron chi connectivity index (χ3n) is 2.67. The van der Waals surface area contributed by atoms with Gasteiger partial charge in [0.25, 0.3) is 0 Å². The van der Waals surface area contributed by atoms with Gasteiger partial charge in [0.2, 0.25) is 15.9 Å². The first-order chi connectivity index (χ1) is 9.28. The highest BCUT2D eigenvalue weighted by Crippen LogP contribution is 2.02. The lowest BCUT2D eigenvalue weighted by Gasteiger charge is -2.15. The molecule has 118 valence electrons. The van der Waals surface area contributed by atoms with Gasteiger partial charge in [0.1, 0.15) is 6.04 Å². The van der Waals surface area contributed by atoms with Crippen LogP contribution < -0.4 is 21.5 Å². The van der Waals surface area contributed by atoms with E-state index in [0.29, 0.717) is 19.4 Å². The summed E-state index contributed by atoms with van der Waals surface area (Å²) in [5, 5.41) is 9.54. The maximum absolute atomic E-state index is 11.8. The van der Waals surface area contributed by atoms with Gasteiger partial charge in [0.05, 0.1) is 5.75 Å². The van der Waals surface area contributed by atoms with Crippen molar-refractivity contribution >= 4 is 21.9 Å². The molecule has 0 rings (SSSR count). The zero-order valence-corrected chi connectivity index (χ0v) is 12.6. The smallest absolute Gasteiger partial charge is 0.235 e. The summed E-state index contributed by atoms with van der Waals surface area (Å²) >= 11 is 0. The number of carbonyl (C=O) groups excluding carboxylic acids is 1. The molecule has 0 aromatic rings. The van der Waals surface area contributed by atoms with Crippen LogP contribution in [0.25, 0.3) is 0 Å². The van der Waals surface area contributed by atoms with Crippen LogP contribution in [-0.2, 0) is 14.8 Å². The van der Waals surface area contributed by atoms with Crippen LogP contribution in [0, 0.1) is 5.41 Å². The molecule has 0 radical (unpaired) electrons. The number of unbranched alkanes of at least 4 members (excludes halogenated alkanes) is 2. The number of hydrogen-bond donors (Lipinski definition) is 5.